The fourth-order valence-electron chi connectivity index (χ4n) is 3.60. The topological polar surface area (TPSA) is 241 Å². The van der Waals surface area contributed by atoms with E-state index in [1.165, 1.54) is 0 Å². The Bertz CT molecular complexity index is 757. The number of carboxylic acid groups (broad SMARTS) is 1. The number of nitrogens with zero attached hydrogens (tertiary/aromatic N) is 1. The van der Waals surface area contributed by atoms with Gasteiger partial charge in [0.2, 0.25) is 17.7 Å². The molecule has 12 N–H and O–H groups in total. The summed E-state index contributed by atoms with van der Waals surface area (Å²) in [5, 5.41) is 17.5. The Labute approximate surface area is 219 Å². The van der Waals surface area contributed by atoms with Crippen LogP contribution in [-0.4, -0.2) is 72.0 Å². The van der Waals surface area contributed by atoms with E-state index in [0.717, 1.165) is 6.42 Å². The largest absolute Gasteiger partial charge is 0.480 e. The maximum atomic E-state index is 13.2. The van der Waals surface area contributed by atoms with Crippen molar-refractivity contribution in [3.63, 3.8) is 0 Å². The van der Waals surface area contributed by atoms with Crippen molar-refractivity contribution in [2.24, 2.45) is 39.8 Å². The second-order valence-corrected chi connectivity index (χ2v) is 9.80. The third kappa shape index (κ3) is 14.4. The summed E-state index contributed by atoms with van der Waals surface area (Å²) in [7, 11) is 0. The third-order valence-electron chi connectivity index (χ3n) is 6.00. The first-order chi connectivity index (χ1) is 17.3. The normalized spacial score (nSPS) is 15.1. The monoisotopic (exact) mass is 528 g/mol. The number of rotatable bonds is 19. The molecule has 214 valence electrons. The summed E-state index contributed by atoms with van der Waals surface area (Å²) in [5.74, 6) is -3.12. The molecule has 0 aliphatic carbocycles. The van der Waals surface area contributed by atoms with Crippen molar-refractivity contribution in [3.05, 3.63) is 0 Å². The summed E-state index contributed by atoms with van der Waals surface area (Å²) >= 11 is 0. The van der Waals surface area contributed by atoms with E-state index in [-0.39, 0.29) is 37.2 Å². The number of nitrogens with two attached hydrogens (primary N) is 4. The van der Waals surface area contributed by atoms with E-state index >= 15 is 0 Å². The third-order valence-corrected chi connectivity index (χ3v) is 6.00. The van der Waals surface area contributed by atoms with Crippen LogP contribution in [0.25, 0.3) is 0 Å². The van der Waals surface area contributed by atoms with Crippen LogP contribution in [0.4, 0.5) is 0 Å². The fraction of sp³-hybridized carbons (Fsp3) is 0.792. The molecule has 0 bridgehead atoms. The molecule has 0 aromatic heterocycles. The van der Waals surface area contributed by atoms with Crippen molar-refractivity contribution in [1.29, 1.82) is 0 Å². The molecular formula is C24H48N8O5. The van der Waals surface area contributed by atoms with Crippen LogP contribution in [0.2, 0.25) is 0 Å². The zero-order chi connectivity index (χ0) is 28.5. The zero-order valence-corrected chi connectivity index (χ0v) is 22.7. The number of aliphatic carboxylic acids is 1. The number of carbonyl (C=O) groups excluding carboxylic acids is 3. The van der Waals surface area contributed by atoms with Gasteiger partial charge >= 0.3 is 5.97 Å². The van der Waals surface area contributed by atoms with E-state index in [2.05, 4.69) is 20.9 Å². The summed E-state index contributed by atoms with van der Waals surface area (Å²) in [6.45, 7) is 8.19. The molecule has 13 nitrogen and oxygen atoms in total. The van der Waals surface area contributed by atoms with Crippen molar-refractivity contribution >= 4 is 29.7 Å². The van der Waals surface area contributed by atoms with Crippen LogP contribution < -0.4 is 38.9 Å². The lowest BCUT2D eigenvalue weighted by molar-refractivity contribution is -0.142. The molecule has 0 aromatic carbocycles. The SMILES string of the molecule is CCC(C)C(NC(=O)C(N)CCCCN)C(=O)NC(CC(C)C)C(=O)NC(CCCN=C(N)N)C(=O)O. The van der Waals surface area contributed by atoms with E-state index in [4.69, 9.17) is 22.9 Å². The van der Waals surface area contributed by atoms with Crippen LogP contribution >= 0.6 is 0 Å². The number of unbranched alkanes of at least 4 members (excludes halogenated alkanes) is 1. The molecule has 13 heteroatoms. The predicted octanol–water partition coefficient (Wildman–Crippen LogP) is -0.872. The minimum Gasteiger partial charge on any atom is -0.480 e. The smallest absolute Gasteiger partial charge is 0.326 e. The van der Waals surface area contributed by atoms with Gasteiger partial charge in [-0.25, -0.2) is 4.79 Å². The number of amides is 3. The number of hydrogen-bond donors (Lipinski definition) is 8. The Morgan fingerprint density at radius 2 is 1.49 bits per heavy atom. The van der Waals surface area contributed by atoms with Gasteiger partial charge in [-0.3, -0.25) is 19.4 Å². The molecule has 0 aromatic rings. The number of carbonyl (C=O) groups is 4. The maximum Gasteiger partial charge on any atom is 0.326 e. The molecule has 0 radical (unpaired) electrons. The van der Waals surface area contributed by atoms with Gasteiger partial charge in [-0.2, -0.15) is 0 Å². The number of hydrogen-bond acceptors (Lipinski definition) is 7. The zero-order valence-electron chi connectivity index (χ0n) is 22.7. The van der Waals surface area contributed by atoms with Gasteiger partial charge in [0.05, 0.1) is 6.04 Å². The Morgan fingerprint density at radius 1 is 0.865 bits per heavy atom. The van der Waals surface area contributed by atoms with E-state index in [1.807, 2.05) is 27.7 Å². The second kappa shape index (κ2) is 18.3. The number of aliphatic imine (C=N–C) groups is 1. The summed E-state index contributed by atoms with van der Waals surface area (Å²) in [6.07, 6.45) is 3.19. The van der Waals surface area contributed by atoms with E-state index < -0.39 is 47.9 Å². The molecule has 0 spiro atoms. The van der Waals surface area contributed by atoms with Gasteiger partial charge in [0, 0.05) is 6.54 Å². The Balaban J connectivity index is 5.45. The minimum atomic E-state index is -1.21. The highest BCUT2D eigenvalue weighted by Gasteiger charge is 2.32. The number of nitrogens with one attached hydrogen (secondary N) is 3. The number of carboxylic acids is 1. The average molecular weight is 529 g/mol. The lowest BCUT2D eigenvalue weighted by Crippen LogP contribution is -2.58. The highest BCUT2D eigenvalue weighted by Crippen LogP contribution is 2.12. The molecule has 5 atom stereocenters. The van der Waals surface area contributed by atoms with Crippen molar-refractivity contribution in [3.8, 4) is 0 Å². The summed E-state index contributed by atoms with van der Waals surface area (Å²) in [6, 6.07) is -3.86. The molecule has 0 fully saturated rings. The first kappa shape index (κ1) is 34.1. The molecule has 5 unspecified atom stereocenters. The van der Waals surface area contributed by atoms with Crippen LogP contribution in [0.1, 0.15) is 72.6 Å². The van der Waals surface area contributed by atoms with Gasteiger partial charge in [-0.05, 0) is 50.5 Å². The molecular weight excluding hydrogens is 480 g/mol. The molecule has 0 saturated carbocycles. The van der Waals surface area contributed by atoms with Crippen molar-refractivity contribution < 1.29 is 24.3 Å². The maximum absolute atomic E-state index is 13.2. The molecule has 0 heterocycles. The number of guanidine groups is 1. The molecule has 3 amide bonds. The highest BCUT2D eigenvalue weighted by atomic mass is 16.4. The van der Waals surface area contributed by atoms with E-state index in [9.17, 15) is 24.3 Å². The van der Waals surface area contributed by atoms with Gasteiger partial charge in [-0.15, -0.1) is 0 Å². The van der Waals surface area contributed by atoms with E-state index in [0.29, 0.717) is 32.2 Å². The lowest BCUT2D eigenvalue weighted by Gasteiger charge is -2.28. The van der Waals surface area contributed by atoms with Gasteiger partial charge in [0.15, 0.2) is 5.96 Å². The first-order valence-corrected chi connectivity index (χ1v) is 13.0. The predicted molar refractivity (Wildman–Crippen MR) is 143 cm³/mol. The minimum absolute atomic E-state index is 0.0220. The van der Waals surface area contributed by atoms with Gasteiger partial charge in [0.25, 0.3) is 0 Å². The Hall–Kier alpha value is -2.93. The van der Waals surface area contributed by atoms with Crippen molar-refractivity contribution in [1.82, 2.24) is 16.0 Å². The molecule has 0 aliphatic rings. The molecule has 37 heavy (non-hydrogen) atoms. The quantitative estimate of drug-likeness (QED) is 0.0589. The van der Waals surface area contributed by atoms with E-state index in [1.54, 1.807) is 0 Å². The van der Waals surface area contributed by atoms with Crippen LogP contribution in [0.15, 0.2) is 4.99 Å². The molecule has 0 saturated heterocycles. The summed E-state index contributed by atoms with van der Waals surface area (Å²) in [5.41, 5.74) is 22.0. The molecule has 0 rings (SSSR count). The van der Waals surface area contributed by atoms with Gasteiger partial charge in [-0.1, -0.05) is 40.5 Å². The average Bonchev–Trinajstić information content (AvgIpc) is 2.82. The Morgan fingerprint density at radius 3 is 2.00 bits per heavy atom. The summed E-state index contributed by atoms with van der Waals surface area (Å²) < 4.78 is 0. The van der Waals surface area contributed by atoms with Gasteiger partial charge in [0.1, 0.15) is 18.1 Å². The standard InChI is InChI=1S/C24H48N8O5/c1-5-15(4)19(32-20(33)16(26)9-6-7-11-25)22(35)31-18(13-14(2)3)21(34)30-17(23(36)37)10-8-12-29-24(27)28/h14-19H,5-13,25-26H2,1-4H3,(H,30,34)(H,31,35)(H,32,33)(H,36,37)(H4,27,28,29). The second-order valence-electron chi connectivity index (χ2n) is 9.80. The Kier molecular flexibility index (Phi) is 16.9. The van der Waals surface area contributed by atoms with Crippen LogP contribution in [-0.2, 0) is 19.2 Å². The van der Waals surface area contributed by atoms with Crippen LogP contribution in [0, 0.1) is 11.8 Å². The lowest BCUT2D eigenvalue weighted by atomic mass is 9.96. The van der Waals surface area contributed by atoms with Gasteiger partial charge < -0.3 is 44.0 Å². The van der Waals surface area contributed by atoms with Crippen LogP contribution in [0.5, 0.6) is 0 Å². The highest BCUT2D eigenvalue weighted by molar-refractivity contribution is 5.94. The van der Waals surface area contributed by atoms with Crippen molar-refractivity contribution in [2.45, 2.75) is 96.8 Å². The van der Waals surface area contributed by atoms with Crippen molar-refractivity contribution in [2.75, 3.05) is 13.1 Å². The summed E-state index contributed by atoms with van der Waals surface area (Å²) in [4.78, 5) is 54.4. The molecule has 0 aliphatic heterocycles. The fourth-order valence-corrected chi connectivity index (χ4v) is 3.60. The van der Waals surface area contributed by atoms with Crippen LogP contribution in [0.3, 0.4) is 0 Å². The first-order valence-electron chi connectivity index (χ1n) is 13.0.